The number of rotatable bonds is 3. The number of carbonyl (C=O) groups excluding carboxylic acids is 2. The zero-order valence-corrected chi connectivity index (χ0v) is 11.7. The van der Waals surface area contributed by atoms with Gasteiger partial charge >= 0.3 is 0 Å². The number of nitrogen functional groups attached to an aromatic ring is 1. The molecule has 0 bridgehead atoms. The largest absolute Gasteiger partial charge is 0.482 e. The molecule has 108 valence electrons. The summed E-state index contributed by atoms with van der Waals surface area (Å²) in [5.74, 6) is 0.0875. The van der Waals surface area contributed by atoms with Crippen LogP contribution in [0.4, 0.5) is 5.69 Å². The quantitative estimate of drug-likeness (QED) is 0.782. The first-order valence-corrected chi connectivity index (χ1v) is 6.49. The topological polar surface area (TPSA) is 84.7 Å². The Morgan fingerprint density at radius 3 is 2.85 bits per heavy atom. The van der Waals surface area contributed by atoms with E-state index in [1.165, 1.54) is 4.90 Å². The predicted octanol–water partition coefficient (Wildman–Crippen LogP) is 0.385. The number of anilines is 1. The molecule has 2 rings (SSSR count). The van der Waals surface area contributed by atoms with Gasteiger partial charge < -0.3 is 20.7 Å². The van der Waals surface area contributed by atoms with Crippen molar-refractivity contribution in [2.75, 3.05) is 25.4 Å². The Morgan fingerprint density at radius 2 is 2.15 bits per heavy atom. The molecule has 6 heteroatoms. The van der Waals surface area contributed by atoms with Crippen LogP contribution in [0.2, 0.25) is 0 Å². The lowest BCUT2D eigenvalue weighted by Crippen LogP contribution is -2.64. The maximum absolute atomic E-state index is 12.2. The zero-order chi connectivity index (χ0) is 14.8. The molecule has 1 aliphatic heterocycles. The minimum Gasteiger partial charge on any atom is -0.482 e. The van der Waals surface area contributed by atoms with E-state index in [1.807, 2.05) is 0 Å². The highest BCUT2D eigenvalue weighted by Crippen LogP contribution is 2.21. The third kappa shape index (κ3) is 2.68. The molecule has 0 aromatic heterocycles. The molecule has 1 aliphatic rings. The van der Waals surface area contributed by atoms with Gasteiger partial charge in [0, 0.05) is 13.1 Å². The van der Waals surface area contributed by atoms with E-state index >= 15 is 0 Å². The molecule has 0 radical (unpaired) electrons. The van der Waals surface area contributed by atoms with E-state index in [9.17, 15) is 9.59 Å². The van der Waals surface area contributed by atoms with Crippen LogP contribution >= 0.6 is 0 Å². The fourth-order valence-electron chi connectivity index (χ4n) is 2.17. The lowest BCUT2D eigenvalue weighted by atomic mass is 9.99. The van der Waals surface area contributed by atoms with Crippen molar-refractivity contribution in [3.8, 4) is 5.75 Å². The lowest BCUT2D eigenvalue weighted by Gasteiger charge is -2.41. The molecule has 0 spiro atoms. The number of ether oxygens (including phenoxy) is 1. The molecule has 0 atom stereocenters. The predicted molar refractivity (Wildman–Crippen MR) is 75.2 cm³/mol. The van der Waals surface area contributed by atoms with Crippen LogP contribution in [0.15, 0.2) is 24.3 Å². The maximum atomic E-state index is 12.2. The van der Waals surface area contributed by atoms with E-state index in [0.29, 0.717) is 24.5 Å². The summed E-state index contributed by atoms with van der Waals surface area (Å²) < 4.78 is 5.43. The summed E-state index contributed by atoms with van der Waals surface area (Å²) in [5.41, 5.74) is 5.37. The number of carbonyl (C=O) groups is 2. The second kappa shape index (κ2) is 5.40. The molecule has 1 aromatic carbocycles. The summed E-state index contributed by atoms with van der Waals surface area (Å²) >= 11 is 0. The Hall–Kier alpha value is -2.24. The molecule has 1 heterocycles. The van der Waals surface area contributed by atoms with Crippen molar-refractivity contribution in [3.63, 3.8) is 0 Å². The highest BCUT2D eigenvalue weighted by molar-refractivity contribution is 5.92. The van der Waals surface area contributed by atoms with Gasteiger partial charge in [0.05, 0.1) is 5.69 Å². The monoisotopic (exact) mass is 277 g/mol. The van der Waals surface area contributed by atoms with Crippen LogP contribution in [0.3, 0.4) is 0 Å². The fourth-order valence-corrected chi connectivity index (χ4v) is 2.17. The summed E-state index contributed by atoms with van der Waals surface area (Å²) in [4.78, 5) is 25.5. The minimum atomic E-state index is -0.860. The van der Waals surface area contributed by atoms with Crippen molar-refractivity contribution in [1.82, 2.24) is 10.2 Å². The van der Waals surface area contributed by atoms with Gasteiger partial charge in [-0.3, -0.25) is 9.59 Å². The van der Waals surface area contributed by atoms with Gasteiger partial charge in [-0.05, 0) is 26.0 Å². The van der Waals surface area contributed by atoms with Crippen LogP contribution in [0.5, 0.6) is 5.75 Å². The van der Waals surface area contributed by atoms with Gasteiger partial charge in [-0.25, -0.2) is 0 Å². The van der Waals surface area contributed by atoms with Gasteiger partial charge in [-0.2, -0.15) is 0 Å². The lowest BCUT2D eigenvalue weighted by molar-refractivity contribution is -0.150. The number of hydrogen-bond donors (Lipinski definition) is 2. The third-order valence-corrected chi connectivity index (χ3v) is 3.42. The summed E-state index contributed by atoms with van der Waals surface area (Å²) in [7, 11) is 0. The van der Waals surface area contributed by atoms with E-state index < -0.39 is 5.54 Å². The maximum Gasteiger partial charge on any atom is 0.261 e. The molecule has 1 saturated heterocycles. The standard InChI is InChI=1S/C14H19N3O3/c1-14(2)13(19)16-7-8-17(14)12(18)9-20-11-6-4-3-5-10(11)15/h3-6H,7-9,15H2,1-2H3,(H,16,19). The van der Waals surface area contributed by atoms with Crippen molar-refractivity contribution in [1.29, 1.82) is 0 Å². The zero-order valence-electron chi connectivity index (χ0n) is 11.7. The summed E-state index contributed by atoms with van der Waals surface area (Å²) in [5, 5.41) is 2.75. The van der Waals surface area contributed by atoms with Crippen LogP contribution in [0, 0.1) is 0 Å². The highest BCUT2D eigenvalue weighted by atomic mass is 16.5. The Kier molecular flexibility index (Phi) is 3.83. The van der Waals surface area contributed by atoms with Crippen molar-refractivity contribution >= 4 is 17.5 Å². The Balaban J connectivity index is 2.02. The van der Waals surface area contributed by atoms with Gasteiger partial charge in [-0.15, -0.1) is 0 Å². The molecule has 1 aromatic rings. The minimum absolute atomic E-state index is 0.134. The van der Waals surface area contributed by atoms with Gasteiger partial charge in [0.2, 0.25) is 5.91 Å². The SMILES string of the molecule is CC1(C)C(=O)NCCN1C(=O)COc1ccccc1N. The van der Waals surface area contributed by atoms with E-state index in [4.69, 9.17) is 10.5 Å². The third-order valence-electron chi connectivity index (χ3n) is 3.42. The van der Waals surface area contributed by atoms with Crippen molar-refractivity contribution in [2.24, 2.45) is 0 Å². The van der Waals surface area contributed by atoms with Crippen LogP contribution in [0.25, 0.3) is 0 Å². The van der Waals surface area contributed by atoms with Gasteiger partial charge in [0.25, 0.3) is 5.91 Å². The molecule has 6 nitrogen and oxygen atoms in total. The molecule has 0 saturated carbocycles. The van der Waals surface area contributed by atoms with Crippen molar-refractivity contribution in [2.45, 2.75) is 19.4 Å². The number of nitrogens with one attached hydrogen (secondary N) is 1. The van der Waals surface area contributed by atoms with E-state index in [0.717, 1.165) is 0 Å². The van der Waals surface area contributed by atoms with E-state index in [2.05, 4.69) is 5.32 Å². The van der Waals surface area contributed by atoms with Crippen LogP contribution in [-0.2, 0) is 9.59 Å². The molecular weight excluding hydrogens is 258 g/mol. The number of nitrogens with zero attached hydrogens (tertiary/aromatic N) is 1. The number of amides is 2. The van der Waals surface area contributed by atoms with Crippen LogP contribution < -0.4 is 15.8 Å². The molecule has 0 unspecified atom stereocenters. The number of benzene rings is 1. The van der Waals surface area contributed by atoms with Crippen LogP contribution in [-0.4, -0.2) is 41.9 Å². The number of hydrogen-bond acceptors (Lipinski definition) is 4. The van der Waals surface area contributed by atoms with Crippen LogP contribution in [0.1, 0.15) is 13.8 Å². The summed E-state index contributed by atoms with van der Waals surface area (Å²) in [6, 6.07) is 6.99. The Morgan fingerprint density at radius 1 is 1.45 bits per heavy atom. The molecule has 3 N–H and O–H groups in total. The van der Waals surface area contributed by atoms with Gasteiger partial charge in [0.1, 0.15) is 11.3 Å². The second-order valence-electron chi connectivity index (χ2n) is 5.19. The first-order chi connectivity index (χ1) is 9.43. The average Bonchev–Trinajstić information content (AvgIpc) is 2.40. The fraction of sp³-hybridized carbons (Fsp3) is 0.429. The molecule has 1 fully saturated rings. The van der Waals surface area contributed by atoms with Crippen molar-refractivity contribution in [3.05, 3.63) is 24.3 Å². The number of piperazine rings is 1. The molecular formula is C14H19N3O3. The average molecular weight is 277 g/mol. The smallest absolute Gasteiger partial charge is 0.261 e. The highest BCUT2D eigenvalue weighted by Gasteiger charge is 2.40. The van der Waals surface area contributed by atoms with Crippen molar-refractivity contribution < 1.29 is 14.3 Å². The van der Waals surface area contributed by atoms with Gasteiger partial charge in [0.15, 0.2) is 6.61 Å². The van der Waals surface area contributed by atoms with Gasteiger partial charge in [-0.1, -0.05) is 12.1 Å². The number of nitrogens with two attached hydrogens (primary N) is 1. The molecule has 2 amide bonds. The summed E-state index contributed by atoms with van der Waals surface area (Å²) in [6.45, 7) is 4.24. The first kappa shape index (κ1) is 14.2. The Labute approximate surface area is 117 Å². The van der Waals surface area contributed by atoms with E-state index in [1.54, 1.807) is 38.1 Å². The second-order valence-corrected chi connectivity index (χ2v) is 5.19. The Bertz CT molecular complexity index is 528. The summed E-state index contributed by atoms with van der Waals surface area (Å²) in [6.07, 6.45) is 0. The number of para-hydroxylation sites is 2. The van der Waals surface area contributed by atoms with E-state index in [-0.39, 0.29) is 18.4 Å². The first-order valence-electron chi connectivity index (χ1n) is 6.49. The normalized spacial score (nSPS) is 17.5. The molecule has 0 aliphatic carbocycles. The molecule has 20 heavy (non-hydrogen) atoms.